The van der Waals surface area contributed by atoms with Crippen LogP contribution in [0.2, 0.25) is 5.02 Å². The van der Waals surface area contributed by atoms with Crippen molar-refractivity contribution < 1.29 is 14.0 Å². The van der Waals surface area contributed by atoms with Crippen LogP contribution in [-0.4, -0.2) is 72.3 Å². The van der Waals surface area contributed by atoms with Gasteiger partial charge in [-0.3, -0.25) is 9.59 Å². The second-order valence-electron chi connectivity index (χ2n) is 8.07. The Morgan fingerprint density at radius 2 is 1.80 bits per heavy atom. The van der Waals surface area contributed by atoms with Gasteiger partial charge < -0.3 is 14.7 Å². The summed E-state index contributed by atoms with van der Waals surface area (Å²) >= 11 is 5.78. The number of benzene rings is 1. The highest BCUT2D eigenvalue weighted by Crippen LogP contribution is 2.17. The molecule has 0 atom stereocenters. The number of hydrogen-bond donors (Lipinski definition) is 0. The highest BCUT2D eigenvalue weighted by molar-refractivity contribution is 6.30. The maximum Gasteiger partial charge on any atom is 0.246 e. The zero-order valence-electron chi connectivity index (χ0n) is 17.5. The standard InChI is InChI=1S/C23H31ClFN3O2/c24-20-18-19(6-8-21(20)25)7-9-22(29)28-15-10-23(30)27(16-17-28)14-5-4-13-26-11-2-1-3-12-26/h6-9,18H,1-5,10-17H2/b9-7+. The Balaban J connectivity index is 1.43. The van der Waals surface area contributed by atoms with Crippen LogP contribution in [0.5, 0.6) is 0 Å². The van der Waals surface area contributed by atoms with E-state index in [4.69, 9.17) is 11.6 Å². The molecule has 7 heteroatoms. The molecular weight excluding hydrogens is 405 g/mol. The van der Waals surface area contributed by atoms with E-state index in [2.05, 4.69) is 4.90 Å². The predicted molar refractivity (Wildman–Crippen MR) is 118 cm³/mol. The Hall–Kier alpha value is -1.92. The summed E-state index contributed by atoms with van der Waals surface area (Å²) in [5.41, 5.74) is 0.663. The first-order valence-electron chi connectivity index (χ1n) is 10.9. The summed E-state index contributed by atoms with van der Waals surface area (Å²) in [5, 5.41) is 0.0286. The van der Waals surface area contributed by atoms with E-state index in [1.54, 1.807) is 17.0 Å². The van der Waals surface area contributed by atoms with Gasteiger partial charge in [0.15, 0.2) is 0 Å². The van der Waals surface area contributed by atoms with Crippen molar-refractivity contribution in [2.45, 2.75) is 38.5 Å². The number of carbonyl (C=O) groups excluding carboxylic acids is 2. The summed E-state index contributed by atoms with van der Waals surface area (Å²) in [6.07, 6.45) is 9.50. The van der Waals surface area contributed by atoms with E-state index in [-0.39, 0.29) is 16.8 Å². The van der Waals surface area contributed by atoms with E-state index >= 15 is 0 Å². The minimum Gasteiger partial charge on any atom is -0.341 e. The molecule has 0 N–H and O–H groups in total. The van der Waals surface area contributed by atoms with E-state index in [1.165, 1.54) is 50.6 Å². The highest BCUT2D eigenvalue weighted by atomic mass is 35.5. The summed E-state index contributed by atoms with van der Waals surface area (Å²) in [7, 11) is 0. The van der Waals surface area contributed by atoms with Gasteiger partial charge in [-0.25, -0.2) is 4.39 Å². The number of likely N-dealkylation sites (tertiary alicyclic amines) is 1. The minimum absolute atomic E-state index is 0.0286. The Morgan fingerprint density at radius 3 is 2.57 bits per heavy atom. The lowest BCUT2D eigenvalue weighted by Gasteiger charge is -2.27. The zero-order chi connectivity index (χ0) is 21.3. The third-order valence-electron chi connectivity index (χ3n) is 5.86. The van der Waals surface area contributed by atoms with Crippen molar-refractivity contribution in [2.24, 2.45) is 0 Å². The molecule has 0 aliphatic carbocycles. The number of amides is 2. The number of halogens is 2. The number of carbonyl (C=O) groups is 2. The number of piperidine rings is 1. The van der Waals surface area contributed by atoms with Gasteiger partial charge in [-0.15, -0.1) is 0 Å². The maximum atomic E-state index is 13.2. The van der Waals surface area contributed by atoms with Crippen LogP contribution in [0.4, 0.5) is 4.39 Å². The van der Waals surface area contributed by atoms with E-state index in [1.807, 2.05) is 4.90 Å². The Bertz CT molecular complexity index is 765. The first kappa shape index (κ1) is 22.8. The molecule has 30 heavy (non-hydrogen) atoms. The summed E-state index contributed by atoms with van der Waals surface area (Å²) in [5.74, 6) is -0.505. The normalized spacial score (nSPS) is 18.8. The maximum absolute atomic E-state index is 13.2. The van der Waals surface area contributed by atoms with Crippen LogP contribution in [0.25, 0.3) is 6.08 Å². The molecule has 0 radical (unpaired) electrons. The molecule has 5 nitrogen and oxygen atoms in total. The van der Waals surface area contributed by atoms with Gasteiger partial charge >= 0.3 is 0 Å². The van der Waals surface area contributed by atoms with Crippen LogP contribution in [-0.2, 0) is 9.59 Å². The molecule has 1 aromatic carbocycles. The molecule has 2 saturated heterocycles. The fourth-order valence-corrected chi connectivity index (χ4v) is 4.22. The van der Waals surface area contributed by atoms with E-state index in [0.29, 0.717) is 31.6 Å². The molecule has 0 saturated carbocycles. The number of unbranched alkanes of at least 4 members (excludes halogenated alkanes) is 1. The molecule has 0 unspecified atom stereocenters. The summed E-state index contributed by atoms with van der Waals surface area (Å²) in [6.45, 7) is 5.82. The largest absolute Gasteiger partial charge is 0.341 e. The SMILES string of the molecule is O=C(/C=C/c1ccc(F)c(Cl)c1)N1CCC(=O)N(CCCCN2CCCCC2)CC1. The molecule has 0 aromatic heterocycles. The van der Waals surface area contributed by atoms with Crippen LogP contribution in [0.1, 0.15) is 44.1 Å². The topological polar surface area (TPSA) is 43.9 Å². The first-order chi connectivity index (χ1) is 14.5. The number of nitrogens with zero attached hydrogens (tertiary/aromatic N) is 3. The Kier molecular flexibility index (Phi) is 8.70. The summed E-state index contributed by atoms with van der Waals surface area (Å²) in [6, 6.07) is 4.33. The smallest absolute Gasteiger partial charge is 0.246 e. The zero-order valence-corrected chi connectivity index (χ0v) is 18.2. The van der Waals surface area contributed by atoms with Gasteiger partial charge in [0, 0.05) is 38.7 Å². The highest BCUT2D eigenvalue weighted by Gasteiger charge is 2.22. The van der Waals surface area contributed by atoms with Crippen molar-refractivity contribution in [1.29, 1.82) is 0 Å². The van der Waals surface area contributed by atoms with Crippen LogP contribution >= 0.6 is 11.6 Å². The number of rotatable bonds is 7. The third-order valence-corrected chi connectivity index (χ3v) is 6.15. The summed E-state index contributed by atoms with van der Waals surface area (Å²) < 4.78 is 13.2. The van der Waals surface area contributed by atoms with Gasteiger partial charge in [0.2, 0.25) is 11.8 Å². The molecule has 2 amide bonds. The van der Waals surface area contributed by atoms with E-state index in [0.717, 1.165) is 25.9 Å². The average Bonchev–Trinajstić information content (AvgIpc) is 2.94. The van der Waals surface area contributed by atoms with Crippen molar-refractivity contribution in [3.8, 4) is 0 Å². The van der Waals surface area contributed by atoms with Crippen LogP contribution < -0.4 is 0 Å². The summed E-state index contributed by atoms with van der Waals surface area (Å²) in [4.78, 5) is 31.1. The first-order valence-corrected chi connectivity index (χ1v) is 11.3. The van der Waals surface area contributed by atoms with Crippen LogP contribution in [0, 0.1) is 5.82 Å². The molecular formula is C23H31ClFN3O2. The van der Waals surface area contributed by atoms with Crippen LogP contribution in [0.3, 0.4) is 0 Å². The predicted octanol–water partition coefficient (Wildman–Crippen LogP) is 3.82. The van der Waals surface area contributed by atoms with Crippen molar-refractivity contribution in [2.75, 3.05) is 45.8 Å². The molecule has 3 rings (SSSR count). The lowest BCUT2D eigenvalue weighted by molar-refractivity contribution is -0.130. The monoisotopic (exact) mass is 435 g/mol. The molecule has 1 aromatic rings. The van der Waals surface area contributed by atoms with Gasteiger partial charge in [0.1, 0.15) is 5.82 Å². The average molecular weight is 436 g/mol. The second kappa shape index (κ2) is 11.5. The van der Waals surface area contributed by atoms with Crippen molar-refractivity contribution in [3.05, 3.63) is 40.7 Å². The lowest BCUT2D eigenvalue weighted by atomic mass is 10.1. The molecule has 0 bridgehead atoms. The Labute approximate surface area is 183 Å². The lowest BCUT2D eigenvalue weighted by Crippen LogP contribution is -2.36. The van der Waals surface area contributed by atoms with Gasteiger partial charge in [0.25, 0.3) is 0 Å². The van der Waals surface area contributed by atoms with Gasteiger partial charge in [-0.05, 0) is 69.1 Å². The molecule has 0 spiro atoms. The van der Waals surface area contributed by atoms with Gasteiger partial charge in [0.05, 0.1) is 5.02 Å². The molecule has 2 aliphatic heterocycles. The fraction of sp³-hybridized carbons (Fsp3) is 0.565. The van der Waals surface area contributed by atoms with E-state index in [9.17, 15) is 14.0 Å². The van der Waals surface area contributed by atoms with Crippen molar-refractivity contribution in [1.82, 2.24) is 14.7 Å². The second-order valence-corrected chi connectivity index (χ2v) is 8.48. The quantitative estimate of drug-likeness (QED) is 0.483. The molecule has 164 valence electrons. The van der Waals surface area contributed by atoms with Crippen molar-refractivity contribution >= 4 is 29.5 Å². The van der Waals surface area contributed by atoms with Gasteiger partial charge in [-0.1, -0.05) is 24.1 Å². The van der Waals surface area contributed by atoms with Crippen LogP contribution in [0.15, 0.2) is 24.3 Å². The van der Waals surface area contributed by atoms with Crippen molar-refractivity contribution in [3.63, 3.8) is 0 Å². The van der Waals surface area contributed by atoms with E-state index < -0.39 is 5.82 Å². The van der Waals surface area contributed by atoms with Gasteiger partial charge in [-0.2, -0.15) is 0 Å². The molecule has 2 heterocycles. The number of hydrogen-bond acceptors (Lipinski definition) is 3. The Morgan fingerprint density at radius 1 is 1.03 bits per heavy atom. The fourth-order valence-electron chi connectivity index (χ4n) is 4.03. The molecule has 2 fully saturated rings. The minimum atomic E-state index is -0.484. The molecule has 2 aliphatic rings. The third kappa shape index (κ3) is 6.81.